The summed E-state index contributed by atoms with van der Waals surface area (Å²) in [5.74, 6) is -1.02. The number of amides is 2. The summed E-state index contributed by atoms with van der Waals surface area (Å²) in [6.07, 6.45) is 0. The van der Waals surface area contributed by atoms with Gasteiger partial charge in [0.05, 0.1) is 12.5 Å². The molecule has 0 aliphatic rings. The van der Waals surface area contributed by atoms with Gasteiger partial charge in [-0.3, -0.25) is 9.59 Å². The molecule has 2 amide bonds. The van der Waals surface area contributed by atoms with Crippen LogP contribution in [0.15, 0.2) is 78.9 Å². The topological polar surface area (TPSA) is 58.2 Å². The summed E-state index contributed by atoms with van der Waals surface area (Å²) in [5, 5.41) is 6.07. The molecule has 0 radical (unpaired) electrons. The fraction of sp³-hybridized carbons (Fsp3) is 0.130. The van der Waals surface area contributed by atoms with Gasteiger partial charge < -0.3 is 10.6 Å². The molecule has 0 aliphatic heterocycles. The van der Waals surface area contributed by atoms with Crippen molar-refractivity contribution in [1.82, 2.24) is 5.32 Å². The van der Waals surface area contributed by atoms with Crippen LogP contribution in [0.1, 0.15) is 22.6 Å². The van der Waals surface area contributed by atoms with Crippen molar-refractivity contribution in [2.24, 2.45) is 0 Å². The zero-order chi connectivity index (χ0) is 19.9. The molecule has 0 fully saturated rings. The maximum Gasteiger partial charge on any atom is 0.243 e. The molecule has 0 aliphatic carbocycles. The number of hydrogen-bond acceptors (Lipinski definition) is 2. The number of carbonyl (C=O) groups excluding carboxylic acids is 2. The number of aryl methyl sites for hydroxylation is 1. The normalized spacial score (nSPS) is 10.5. The van der Waals surface area contributed by atoms with E-state index in [0.717, 1.165) is 16.7 Å². The highest BCUT2D eigenvalue weighted by Gasteiger charge is 2.22. The van der Waals surface area contributed by atoms with Crippen molar-refractivity contribution in [2.45, 2.75) is 12.8 Å². The van der Waals surface area contributed by atoms with Gasteiger partial charge in [0.25, 0.3) is 0 Å². The number of hydrogen-bond donors (Lipinski definition) is 2. The highest BCUT2D eigenvalue weighted by atomic mass is 35.5. The van der Waals surface area contributed by atoms with Gasteiger partial charge in [-0.15, -0.1) is 0 Å². The average molecular weight is 393 g/mol. The first-order chi connectivity index (χ1) is 13.5. The molecule has 5 heteroatoms. The third-order valence-electron chi connectivity index (χ3n) is 4.41. The monoisotopic (exact) mass is 392 g/mol. The Hall–Kier alpha value is -3.11. The lowest BCUT2D eigenvalue weighted by atomic mass is 9.90. The Kier molecular flexibility index (Phi) is 6.45. The molecule has 0 heterocycles. The molecule has 0 spiro atoms. The number of nitrogens with one attached hydrogen (secondary N) is 2. The highest BCUT2D eigenvalue weighted by Crippen LogP contribution is 2.24. The first-order valence-corrected chi connectivity index (χ1v) is 9.36. The molecule has 142 valence electrons. The second kappa shape index (κ2) is 9.20. The second-order valence-corrected chi connectivity index (χ2v) is 6.89. The zero-order valence-electron chi connectivity index (χ0n) is 15.5. The lowest BCUT2D eigenvalue weighted by Gasteiger charge is -2.18. The van der Waals surface area contributed by atoms with E-state index in [4.69, 9.17) is 11.6 Å². The van der Waals surface area contributed by atoms with Crippen molar-refractivity contribution in [3.05, 3.63) is 101 Å². The van der Waals surface area contributed by atoms with Crippen LogP contribution >= 0.6 is 11.6 Å². The van der Waals surface area contributed by atoms with E-state index in [2.05, 4.69) is 10.6 Å². The van der Waals surface area contributed by atoms with E-state index in [9.17, 15) is 9.59 Å². The molecule has 28 heavy (non-hydrogen) atoms. The van der Waals surface area contributed by atoms with Gasteiger partial charge in [-0.2, -0.15) is 0 Å². The Balaban J connectivity index is 1.68. The number of rotatable bonds is 6. The van der Waals surface area contributed by atoms with E-state index in [0.29, 0.717) is 10.7 Å². The van der Waals surface area contributed by atoms with Crippen LogP contribution in [0.3, 0.4) is 0 Å². The molecule has 0 bridgehead atoms. The predicted octanol–water partition coefficient (Wildman–Crippen LogP) is 4.54. The van der Waals surface area contributed by atoms with Gasteiger partial charge >= 0.3 is 0 Å². The van der Waals surface area contributed by atoms with Crippen LogP contribution in [-0.4, -0.2) is 18.4 Å². The lowest BCUT2D eigenvalue weighted by Crippen LogP contribution is -2.36. The summed E-state index contributed by atoms with van der Waals surface area (Å²) in [7, 11) is 0. The van der Waals surface area contributed by atoms with Gasteiger partial charge in [-0.1, -0.05) is 78.3 Å². The van der Waals surface area contributed by atoms with E-state index in [1.165, 1.54) is 0 Å². The smallest absolute Gasteiger partial charge is 0.243 e. The Morgan fingerprint density at radius 1 is 0.893 bits per heavy atom. The standard InChI is InChI=1S/C23H21ClN2O2/c1-16-12-13-19(14-20(16)24)26-21(27)15-25-23(28)22(17-8-4-2-5-9-17)18-10-6-3-7-11-18/h2-14,22H,15H2,1H3,(H,25,28)(H,26,27). The molecule has 4 nitrogen and oxygen atoms in total. The molecule has 0 saturated carbocycles. The quantitative estimate of drug-likeness (QED) is 0.647. The number of carbonyl (C=O) groups is 2. The molecule has 3 aromatic carbocycles. The van der Waals surface area contributed by atoms with Crippen LogP contribution in [0.2, 0.25) is 5.02 Å². The minimum atomic E-state index is -0.482. The average Bonchev–Trinajstić information content (AvgIpc) is 2.71. The van der Waals surface area contributed by atoms with Crippen LogP contribution < -0.4 is 10.6 Å². The Morgan fingerprint density at radius 2 is 1.46 bits per heavy atom. The lowest BCUT2D eigenvalue weighted by molar-refractivity contribution is -0.124. The van der Waals surface area contributed by atoms with E-state index in [1.807, 2.05) is 73.7 Å². The van der Waals surface area contributed by atoms with Crippen LogP contribution in [0.4, 0.5) is 5.69 Å². The van der Waals surface area contributed by atoms with Gasteiger partial charge in [0.15, 0.2) is 0 Å². The number of benzene rings is 3. The second-order valence-electron chi connectivity index (χ2n) is 6.48. The Bertz CT molecular complexity index is 919. The third-order valence-corrected chi connectivity index (χ3v) is 4.81. The molecule has 0 aromatic heterocycles. The van der Waals surface area contributed by atoms with Gasteiger partial charge in [-0.05, 0) is 35.7 Å². The largest absolute Gasteiger partial charge is 0.346 e. The van der Waals surface area contributed by atoms with Crippen molar-refractivity contribution in [3.8, 4) is 0 Å². The van der Waals surface area contributed by atoms with Crippen LogP contribution in [0.5, 0.6) is 0 Å². The summed E-state index contributed by atoms with van der Waals surface area (Å²) in [4.78, 5) is 25.1. The first kappa shape index (κ1) is 19.6. The van der Waals surface area contributed by atoms with Gasteiger partial charge in [0.1, 0.15) is 0 Å². The third kappa shape index (κ3) is 4.99. The fourth-order valence-corrected chi connectivity index (χ4v) is 3.11. The summed E-state index contributed by atoms with van der Waals surface area (Å²) >= 11 is 6.08. The van der Waals surface area contributed by atoms with Crippen molar-refractivity contribution >= 4 is 29.1 Å². The predicted molar refractivity (Wildman–Crippen MR) is 113 cm³/mol. The molecular formula is C23H21ClN2O2. The summed E-state index contributed by atoms with van der Waals surface area (Å²) in [5.41, 5.74) is 3.27. The molecule has 2 N–H and O–H groups in total. The molecule has 3 rings (SSSR count). The van der Waals surface area contributed by atoms with Crippen molar-refractivity contribution < 1.29 is 9.59 Å². The Labute approximate surface area is 169 Å². The maximum atomic E-state index is 12.9. The van der Waals surface area contributed by atoms with Gasteiger partial charge in [0, 0.05) is 10.7 Å². The van der Waals surface area contributed by atoms with Gasteiger partial charge in [0.2, 0.25) is 11.8 Å². The van der Waals surface area contributed by atoms with Crippen LogP contribution in [-0.2, 0) is 9.59 Å². The molecule has 3 aromatic rings. The summed E-state index contributed by atoms with van der Waals surface area (Å²) < 4.78 is 0. The van der Waals surface area contributed by atoms with Crippen molar-refractivity contribution in [1.29, 1.82) is 0 Å². The molecule has 0 saturated heterocycles. The summed E-state index contributed by atoms with van der Waals surface area (Å²) in [6.45, 7) is 1.77. The van der Waals surface area contributed by atoms with Gasteiger partial charge in [-0.25, -0.2) is 0 Å². The highest BCUT2D eigenvalue weighted by molar-refractivity contribution is 6.31. The fourth-order valence-electron chi connectivity index (χ4n) is 2.93. The van der Waals surface area contributed by atoms with E-state index in [1.54, 1.807) is 12.1 Å². The molecule has 0 unspecified atom stereocenters. The molecular weight excluding hydrogens is 372 g/mol. The van der Waals surface area contributed by atoms with E-state index >= 15 is 0 Å². The Morgan fingerprint density at radius 3 is 2.00 bits per heavy atom. The minimum Gasteiger partial charge on any atom is -0.346 e. The van der Waals surface area contributed by atoms with E-state index in [-0.39, 0.29) is 18.4 Å². The number of anilines is 1. The van der Waals surface area contributed by atoms with Crippen LogP contribution in [0, 0.1) is 6.92 Å². The SMILES string of the molecule is Cc1ccc(NC(=O)CNC(=O)C(c2ccccc2)c2ccccc2)cc1Cl. The van der Waals surface area contributed by atoms with Crippen molar-refractivity contribution in [3.63, 3.8) is 0 Å². The maximum absolute atomic E-state index is 12.9. The first-order valence-electron chi connectivity index (χ1n) is 8.98. The number of halogens is 1. The summed E-state index contributed by atoms with van der Waals surface area (Å²) in [6, 6.07) is 24.3. The zero-order valence-corrected chi connectivity index (χ0v) is 16.2. The molecule has 0 atom stereocenters. The van der Waals surface area contributed by atoms with Crippen molar-refractivity contribution in [2.75, 3.05) is 11.9 Å². The minimum absolute atomic E-state index is 0.125. The van der Waals surface area contributed by atoms with Crippen LogP contribution in [0.25, 0.3) is 0 Å². The van der Waals surface area contributed by atoms with E-state index < -0.39 is 5.92 Å².